The molecule has 8 heteroatoms. The average molecular weight is 321 g/mol. The zero-order valence-electron chi connectivity index (χ0n) is 12.7. The van der Waals surface area contributed by atoms with Gasteiger partial charge in [0, 0.05) is 38.4 Å². The molecule has 0 spiro atoms. The van der Waals surface area contributed by atoms with Crippen molar-refractivity contribution in [2.75, 3.05) is 19.3 Å². The third-order valence-electron chi connectivity index (χ3n) is 4.03. The van der Waals surface area contributed by atoms with Gasteiger partial charge in [0.15, 0.2) is 0 Å². The third-order valence-corrected chi connectivity index (χ3v) is 5.30. The molecular weight excluding hydrogens is 302 g/mol. The zero-order valence-corrected chi connectivity index (χ0v) is 13.5. The smallest absolute Gasteiger partial charge is 0.211 e. The van der Waals surface area contributed by atoms with Gasteiger partial charge in [0.05, 0.1) is 23.8 Å². The van der Waals surface area contributed by atoms with E-state index in [1.807, 2.05) is 13.1 Å². The minimum Gasteiger partial charge on any atom is -0.266 e. The molecular formula is C14H19N5O2S. The molecule has 0 aromatic carbocycles. The van der Waals surface area contributed by atoms with Crippen molar-refractivity contribution in [2.45, 2.75) is 18.8 Å². The highest BCUT2D eigenvalue weighted by atomic mass is 32.2. The Bertz CT molecular complexity index is 754. The quantitative estimate of drug-likeness (QED) is 0.843. The van der Waals surface area contributed by atoms with Crippen LogP contribution in [-0.4, -0.2) is 51.8 Å². The van der Waals surface area contributed by atoms with Crippen molar-refractivity contribution in [1.29, 1.82) is 0 Å². The molecule has 0 aliphatic carbocycles. The van der Waals surface area contributed by atoms with Crippen LogP contribution in [0.25, 0.3) is 11.4 Å². The molecule has 0 bridgehead atoms. The molecule has 1 fully saturated rings. The van der Waals surface area contributed by atoms with Crippen molar-refractivity contribution >= 4 is 10.0 Å². The molecule has 3 rings (SSSR count). The van der Waals surface area contributed by atoms with Crippen molar-refractivity contribution in [3.05, 3.63) is 30.4 Å². The second-order valence-electron chi connectivity index (χ2n) is 5.63. The Morgan fingerprint density at radius 2 is 2.09 bits per heavy atom. The molecule has 0 N–H and O–H groups in total. The molecule has 0 saturated carbocycles. The molecule has 1 aliphatic rings. The van der Waals surface area contributed by atoms with Crippen LogP contribution < -0.4 is 0 Å². The van der Waals surface area contributed by atoms with E-state index < -0.39 is 10.0 Å². The number of rotatable bonds is 3. The van der Waals surface area contributed by atoms with Gasteiger partial charge in [-0.25, -0.2) is 12.7 Å². The molecule has 1 aliphatic heterocycles. The Balaban J connectivity index is 1.80. The first-order chi connectivity index (χ1) is 10.4. The topological polar surface area (TPSA) is 81.0 Å². The lowest BCUT2D eigenvalue weighted by molar-refractivity contribution is 0.314. The van der Waals surface area contributed by atoms with Crippen LogP contribution in [0.1, 0.15) is 24.5 Å². The minimum atomic E-state index is -3.14. The van der Waals surface area contributed by atoms with E-state index in [9.17, 15) is 8.42 Å². The SMILES string of the molecule is Cn1nccc1-c1cnc([C@H]2CCCN(S(C)(=O)=O)C2)cn1. The minimum absolute atomic E-state index is 0.108. The number of piperidine rings is 1. The molecule has 1 atom stereocenters. The monoisotopic (exact) mass is 321 g/mol. The summed E-state index contributed by atoms with van der Waals surface area (Å²) in [7, 11) is -1.29. The molecule has 3 heterocycles. The van der Waals surface area contributed by atoms with E-state index in [1.54, 1.807) is 23.3 Å². The van der Waals surface area contributed by atoms with Crippen LogP contribution in [-0.2, 0) is 17.1 Å². The fourth-order valence-electron chi connectivity index (χ4n) is 2.79. The predicted octanol–water partition coefficient (Wildman–Crippen LogP) is 1.02. The van der Waals surface area contributed by atoms with Gasteiger partial charge in [-0.15, -0.1) is 0 Å². The number of aromatic nitrogens is 4. The highest BCUT2D eigenvalue weighted by molar-refractivity contribution is 7.88. The predicted molar refractivity (Wildman–Crippen MR) is 82.6 cm³/mol. The van der Waals surface area contributed by atoms with Crippen LogP contribution in [0, 0.1) is 0 Å². The van der Waals surface area contributed by atoms with E-state index in [1.165, 1.54) is 10.6 Å². The van der Waals surface area contributed by atoms with Crippen molar-refractivity contribution in [1.82, 2.24) is 24.1 Å². The number of hydrogen-bond acceptors (Lipinski definition) is 5. The van der Waals surface area contributed by atoms with Crippen molar-refractivity contribution in [2.24, 2.45) is 7.05 Å². The maximum atomic E-state index is 11.7. The second-order valence-corrected chi connectivity index (χ2v) is 7.61. The van der Waals surface area contributed by atoms with Gasteiger partial charge >= 0.3 is 0 Å². The van der Waals surface area contributed by atoms with E-state index in [2.05, 4.69) is 15.1 Å². The molecule has 2 aromatic rings. The summed E-state index contributed by atoms with van der Waals surface area (Å²) < 4.78 is 26.7. The summed E-state index contributed by atoms with van der Waals surface area (Å²) in [6, 6.07) is 1.88. The summed E-state index contributed by atoms with van der Waals surface area (Å²) in [4.78, 5) is 8.94. The number of sulfonamides is 1. The van der Waals surface area contributed by atoms with Gasteiger partial charge in [0.25, 0.3) is 0 Å². The van der Waals surface area contributed by atoms with Crippen molar-refractivity contribution < 1.29 is 8.42 Å². The van der Waals surface area contributed by atoms with Gasteiger partial charge < -0.3 is 0 Å². The fraction of sp³-hybridized carbons (Fsp3) is 0.500. The molecule has 1 saturated heterocycles. The molecule has 118 valence electrons. The Morgan fingerprint density at radius 1 is 1.27 bits per heavy atom. The van der Waals surface area contributed by atoms with E-state index in [-0.39, 0.29) is 5.92 Å². The largest absolute Gasteiger partial charge is 0.266 e. The fourth-order valence-corrected chi connectivity index (χ4v) is 3.70. The van der Waals surface area contributed by atoms with Gasteiger partial charge in [-0.05, 0) is 18.9 Å². The molecule has 7 nitrogen and oxygen atoms in total. The maximum absolute atomic E-state index is 11.7. The number of nitrogens with zero attached hydrogens (tertiary/aromatic N) is 5. The number of aryl methyl sites for hydroxylation is 1. The van der Waals surface area contributed by atoms with Gasteiger partial charge in [-0.2, -0.15) is 5.10 Å². The Labute approximate surface area is 130 Å². The van der Waals surface area contributed by atoms with E-state index >= 15 is 0 Å². The van der Waals surface area contributed by atoms with Crippen molar-refractivity contribution in [3.8, 4) is 11.4 Å². The average Bonchev–Trinajstić information content (AvgIpc) is 2.93. The molecule has 0 amide bonds. The van der Waals surface area contributed by atoms with Gasteiger partial charge in [-0.3, -0.25) is 14.6 Å². The zero-order chi connectivity index (χ0) is 15.7. The second kappa shape index (κ2) is 5.77. The van der Waals surface area contributed by atoms with Crippen LogP contribution in [0.15, 0.2) is 24.7 Å². The molecule has 22 heavy (non-hydrogen) atoms. The highest BCUT2D eigenvalue weighted by Crippen LogP contribution is 2.27. The summed E-state index contributed by atoms with van der Waals surface area (Å²) in [5, 5.41) is 4.12. The number of hydrogen-bond donors (Lipinski definition) is 0. The Hall–Kier alpha value is -1.80. The first-order valence-corrected chi connectivity index (χ1v) is 9.05. The van der Waals surface area contributed by atoms with Crippen LogP contribution in [0.4, 0.5) is 0 Å². The first-order valence-electron chi connectivity index (χ1n) is 7.20. The lowest BCUT2D eigenvalue weighted by atomic mass is 9.96. The summed E-state index contributed by atoms with van der Waals surface area (Å²) >= 11 is 0. The third kappa shape index (κ3) is 3.02. The Kier molecular flexibility index (Phi) is 3.96. The highest BCUT2D eigenvalue weighted by Gasteiger charge is 2.27. The summed E-state index contributed by atoms with van der Waals surface area (Å²) in [6.07, 6.45) is 8.24. The standard InChI is InChI=1S/C14H19N5O2S/c1-18-14(5-6-17-18)13-9-15-12(8-16-13)11-4-3-7-19(10-11)22(2,20)21/h5-6,8-9,11H,3-4,7,10H2,1-2H3/t11-/m0/s1. The Morgan fingerprint density at radius 3 is 2.68 bits per heavy atom. The molecule has 0 unspecified atom stereocenters. The van der Waals surface area contributed by atoms with E-state index in [0.717, 1.165) is 29.9 Å². The normalized spacial score (nSPS) is 20.2. The van der Waals surface area contributed by atoms with E-state index in [4.69, 9.17) is 0 Å². The van der Waals surface area contributed by atoms with Gasteiger partial charge in [0.1, 0.15) is 5.69 Å². The van der Waals surface area contributed by atoms with E-state index in [0.29, 0.717) is 13.1 Å². The summed E-state index contributed by atoms with van der Waals surface area (Å²) in [6.45, 7) is 1.08. The van der Waals surface area contributed by atoms with Crippen LogP contribution in [0.3, 0.4) is 0 Å². The van der Waals surface area contributed by atoms with Gasteiger partial charge in [-0.1, -0.05) is 0 Å². The molecule has 0 radical (unpaired) electrons. The lowest BCUT2D eigenvalue weighted by Gasteiger charge is -2.30. The van der Waals surface area contributed by atoms with Gasteiger partial charge in [0.2, 0.25) is 10.0 Å². The maximum Gasteiger partial charge on any atom is 0.211 e. The van der Waals surface area contributed by atoms with Crippen LogP contribution in [0.2, 0.25) is 0 Å². The van der Waals surface area contributed by atoms with Crippen LogP contribution >= 0.6 is 0 Å². The first kappa shape index (κ1) is 15.1. The van der Waals surface area contributed by atoms with Crippen LogP contribution in [0.5, 0.6) is 0 Å². The lowest BCUT2D eigenvalue weighted by Crippen LogP contribution is -2.38. The summed E-state index contributed by atoms with van der Waals surface area (Å²) in [5.41, 5.74) is 2.51. The summed E-state index contributed by atoms with van der Waals surface area (Å²) in [5.74, 6) is 0.108. The van der Waals surface area contributed by atoms with Crippen molar-refractivity contribution in [3.63, 3.8) is 0 Å². The molecule has 2 aromatic heterocycles.